The molecule has 1 aliphatic heterocycles. The van der Waals surface area contributed by atoms with Gasteiger partial charge in [0.05, 0.1) is 11.3 Å². The molecule has 1 atom stereocenters. The largest absolute Gasteiger partial charge is 0.474 e. The summed E-state index contributed by atoms with van der Waals surface area (Å²) in [4.78, 5) is 24.6. The van der Waals surface area contributed by atoms with E-state index in [0.717, 1.165) is 6.07 Å². The standard InChI is InChI=1S/C21H13F3N2O3/c22-14-8-7-13(17(23)18(14)24)20(27)25-12-6-9-16-15(10-12)26-21(28)19(29-16)11-4-2-1-3-5-11/h1-10,19H,(H,25,27)(H,26,28). The number of ether oxygens (including phenoxy) is 1. The van der Waals surface area contributed by atoms with Crippen LogP contribution in [-0.2, 0) is 4.79 Å². The van der Waals surface area contributed by atoms with Crippen LogP contribution in [0.1, 0.15) is 22.0 Å². The van der Waals surface area contributed by atoms with Crippen molar-refractivity contribution in [1.82, 2.24) is 0 Å². The van der Waals surface area contributed by atoms with Crippen molar-refractivity contribution in [2.24, 2.45) is 0 Å². The number of carbonyl (C=O) groups excluding carboxylic acids is 2. The number of nitrogens with one attached hydrogen (secondary N) is 2. The summed E-state index contributed by atoms with van der Waals surface area (Å²) in [5.41, 5.74) is 0.554. The minimum Gasteiger partial charge on any atom is -0.474 e. The third-order valence-corrected chi connectivity index (χ3v) is 4.36. The second kappa shape index (κ2) is 7.31. The molecule has 0 aromatic heterocycles. The van der Waals surface area contributed by atoms with Crippen molar-refractivity contribution in [2.45, 2.75) is 6.10 Å². The van der Waals surface area contributed by atoms with E-state index in [2.05, 4.69) is 10.6 Å². The molecule has 1 heterocycles. The summed E-state index contributed by atoms with van der Waals surface area (Å²) in [5, 5.41) is 5.07. The minimum atomic E-state index is -1.73. The lowest BCUT2D eigenvalue weighted by Crippen LogP contribution is -2.30. The number of hydrogen-bond donors (Lipinski definition) is 2. The molecule has 1 aliphatic rings. The maximum absolute atomic E-state index is 13.8. The smallest absolute Gasteiger partial charge is 0.270 e. The predicted molar refractivity (Wildman–Crippen MR) is 99.2 cm³/mol. The van der Waals surface area contributed by atoms with E-state index in [1.54, 1.807) is 24.3 Å². The highest BCUT2D eigenvalue weighted by Gasteiger charge is 2.29. The topological polar surface area (TPSA) is 67.4 Å². The molecule has 5 nitrogen and oxygen atoms in total. The molecule has 3 aromatic carbocycles. The van der Waals surface area contributed by atoms with Gasteiger partial charge in [0.2, 0.25) is 6.10 Å². The third kappa shape index (κ3) is 3.52. The molecule has 0 radical (unpaired) electrons. The number of carbonyl (C=O) groups is 2. The first-order chi connectivity index (χ1) is 13.9. The van der Waals surface area contributed by atoms with Crippen molar-refractivity contribution >= 4 is 23.2 Å². The highest BCUT2D eigenvalue weighted by atomic mass is 19.2. The molecular formula is C21H13F3N2O3. The van der Waals surface area contributed by atoms with Crippen LogP contribution < -0.4 is 15.4 Å². The van der Waals surface area contributed by atoms with Crippen LogP contribution in [0.4, 0.5) is 24.5 Å². The quantitative estimate of drug-likeness (QED) is 0.642. The van der Waals surface area contributed by atoms with Gasteiger partial charge in [0.1, 0.15) is 5.75 Å². The van der Waals surface area contributed by atoms with E-state index >= 15 is 0 Å². The average Bonchev–Trinajstić information content (AvgIpc) is 2.72. The lowest BCUT2D eigenvalue weighted by atomic mass is 10.1. The van der Waals surface area contributed by atoms with E-state index in [-0.39, 0.29) is 11.6 Å². The molecule has 2 N–H and O–H groups in total. The number of halogens is 3. The van der Waals surface area contributed by atoms with Gasteiger partial charge >= 0.3 is 0 Å². The Balaban J connectivity index is 1.55. The molecule has 0 spiro atoms. The van der Waals surface area contributed by atoms with Crippen molar-refractivity contribution < 1.29 is 27.5 Å². The molecule has 8 heteroatoms. The SMILES string of the molecule is O=C(Nc1ccc2c(c1)NC(=O)C(c1ccccc1)O2)c1ccc(F)c(F)c1F. The molecule has 0 bridgehead atoms. The van der Waals surface area contributed by atoms with Gasteiger partial charge in [-0.15, -0.1) is 0 Å². The Kier molecular flexibility index (Phi) is 4.67. The number of benzene rings is 3. The van der Waals surface area contributed by atoms with Crippen LogP contribution in [0, 0.1) is 17.5 Å². The van der Waals surface area contributed by atoms with Crippen molar-refractivity contribution in [2.75, 3.05) is 10.6 Å². The molecule has 29 heavy (non-hydrogen) atoms. The summed E-state index contributed by atoms with van der Waals surface area (Å²) in [5.74, 6) is -5.67. The Labute approximate surface area is 163 Å². The maximum Gasteiger partial charge on any atom is 0.270 e. The van der Waals surface area contributed by atoms with Gasteiger partial charge in [-0.3, -0.25) is 9.59 Å². The van der Waals surface area contributed by atoms with Gasteiger partial charge in [-0.2, -0.15) is 0 Å². The van der Waals surface area contributed by atoms with Crippen molar-refractivity contribution in [3.8, 4) is 5.75 Å². The fraction of sp³-hybridized carbons (Fsp3) is 0.0476. The van der Waals surface area contributed by atoms with Gasteiger partial charge in [-0.1, -0.05) is 30.3 Å². The highest BCUT2D eigenvalue weighted by Crippen LogP contribution is 2.36. The molecular weight excluding hydrogens is 385 g/mol. The lowest BCUT2D eigenvalue weighted by molar-refractivity contribution is -0.123. The minimum absolute atomic E-state index is 0.208. The normalized spacial score (nSPS) is 15.1. The molecule has 2 amide bonds. The second-order valence-electron chi connectivity index (χ2n) is 6.29. The Hall–Kier alpha value is -3.81. The zero-order valence-electron chi connectivity index (χ0n) is 14.7. The Morgan fingerprint density at radius 1 is 0.966 bits per heavy atom. The number of anilines is 2. The number of fused-ring (bicyclic) bond motifs is 1. The molecule has 0 aliphatic carbocycles. The lowest BCUT2D eigenvalue weighted by Gasteiger charge is -2.26. The molecule has 0 fully saturated rings. The average molecular weight is 398 g/mol. The third-order valence-electron chi connectivity index (χ3n) is 4.36. The summed E-state index contributed by atoms with van der Waals surface area (Å²) in [6.07, 6.45) is -0.819. The first kappa shape index (κ1) is 18.5. The summed E-state index contributed by atoms with van der Waals surface area (Å²) in [7, 11) is 0. The summed E-state index contributed by atoms with van der Waals surface area (Å²) >= 11 is 0. The zero-order valence-corrected chi connectivity index (χ0v) is 14.7. The molecule has 4 rings (SSSR count). The fourth-order valence-electron chi connectivity index (χ4n) is 2.93. The monoisotopic (exact) mass is 398 g/mol. The molecule has 0 saturated heterocycles. The van der Waals surface area contributed by atoms with E-state index in [4.69, 9.17) is 4.74 Å². The molecule has 1 unspecified atom stereocenters. The van der Waals surface area contributed by atoms with Crippen LogP contribution in [0.3, 0.4) is 0 Å². The summed E-state index contributed by atoms with van der Waals surface area (Å²) in [6, 6.07) is 14.9. The van der Waals surface area contributed by atoms with Crippen molar-refractivity contribution in [3.63, 3.8) is 0 Å². The van der Waals surface area contributed by atoms with E-state index in [0.29, 0.717) is 23.1 Å². The fourth-order valence-corrected chi connectivity index (χ4v) is 2.93. The van der Waals surface area contributed by atoms with Crippen LogP contribution in [0.5, 0.6) is 5.75 Å². The zero-order chi connectivity index (χ0) is 20.5. The first-order valence-electron chi connectivity index (χ1n) is 8.55. The van der Waals surface area contributed by atoms with Crippen LogP contribution in [0.15, 0.2) is 60.7 Å². The number of hydrogen-bond acceptors (Lipinski definition) is 3. The van der Waals surface area contributed by atoms with Crippen LogP contribution in [-0.4, -0.2) is 11.8 Å². The first-order valence-corrected chi connectivity index (χ1v) is 8.55. The number of amides is 2. The highest BCUT2D eigenvalue weighted by molar-refractivity contribution is 6.05. The summed E-state index contributed by atoms with van der Waals surface area (Å²) in [6.45, 7) is 0. The Morgan fingerprint density at radius 2 is 1.72 bits per heavy atom. The van der Waals surface area contributed by atoms with Gasteiger partial charge in [-0.25, -0.2) is 13.2 Å². The molecule has 0 saturated carbocycles. The van der Waals surface area contributed by atoms with Gasteiger partial charge in [0.25, 0.3) is 11.8 Å². The van der Waals surface area contributed by atoms with Crippen LogP contribution in [0.2, 0.25) is 0 Å². The van der Waals surface area contributed by atoms with Crippen molar-refractivity contribution in [3.05, 3.63) is 89.2 Å². The summed E-state index contributed by atoms with van der Waals surface area (Å²) < 4.78 is 45.9. The molecule has 3 aromatic rings. The van der Waals surface area contributed by atoms with E-state index in [1.165, 1.54) is 18.2 Å². The van der Waals surface area contributed by atoms with Crippen LogP contribution >= 0.6 is 0 Å². The van der Waals surface area contributed by atoms with Crippen LogP contribution in [0.25, 0.3) is 0 Å². The van der Waals surface area contributed by atoms with Crippen molar-refractivity contribution in [1.29, 1.82) is 0 Å². The second-order valence-corrected chi connectivity index (χ2v) is 6.29. The Morgan fingerprint density at radius 3 is 2.48 bits per heavy atom. The van der Waals surface area contributed by atoms with Gasteiger partial charge in [0.15, 0.2) is 17.5 Å². The van der Waals surface area contributed by atoms with E-state index < -0.39 is 35.0 Å². The van der Waals surface area contributed by atoms with E-state index in [9.17, 15) is 22.8 Å². The molecule has 146 valence electrons. The van der Waals surface area contributed by atoms with Gasteiger partial charge in [-0.05, 0) is 30.3 Å². The predicted octanol–water partition coefficient (Wildman–Crippen LogP) is 4.43. The Bertz CT molecular complexity index is 1120. The number of rotatable bonds is 3. The van der Waals surface area contributed by atoms with Gasteiger partial charge in [0, 0.05) is 11.3 Å². The van der Waals surface area contributed by atoms with Gasteiger partial charge < -0.3 is 15.4 Å². The maximum atomic E-state index is 13.8. The van der Waals surface area contributed by atoms with E-state index in [1.807, 2.05) is 6.07 Å².